The van der Waals surface area contributed by atoms with E-state index in [4.69, 9.17) is 44.3 Å². The van der Waals surface area contributed by atoms with E-state index in [0.717, 1.165) is 13.0 Å². The van der Waals surface area contributed by atoms with Crippen molar-refractivity contribution < 1.29 is 9.47 Å². The maximum absolute atomic E-state index is 6.00. The average Bonchev–Trinajstić information content (AvgIpc) is 2.63. The number of hydrogen-bond donors (Lipinski definition) is 1. The minimum atomic E-state index is -1.78. The molecule has 148 valence electrons. The van der Waals surface area contributed by atoms with Crippen molar-refractivity contribution in [3.05, 3.63) is 24.0 Å². The van der Waals surface area contributed by atoms with Crippen LogP contribution in [0.1, 0.15) is 12.2 Å². The molecule has 0 fully saturated rings. The normalized spacial score (nSPS) is 11.6. The molecule has 2 rings (SSSR count). The van der Waals surface area contributed by atoms with Crippen LogP contribution in [0, 0.1) is 0 Å². The summed E-state index contributed by atoms with van der Waals surface area (Å²) in [6.45, 7) is 1.59. The zero-order chi connectivity index (χ0) is 20.0. The summed E-state index contributed by atoms with van der Waals surface area (Å²) >= 11 is 18.0. The second kappa shape index (κ2) is 9.59. The van der Waals surface area contributed by atoms with Crippen molar-refractivity contribution in [1.29, 1.82) is 0 Å². The minimum absolute atomic E-state index is 0.0365. The van der Waals surface area contributed by atoms with Crippen molar-refractivity contribution in [3.63, 3.8) is 0 Å². The Balaban J connectivity index is 2.39. The molecule has 2 aromatic rings. The molecule has 0 atom stereocenters. The van der Waals surface area contributed by atoms with Gasteiger partial charge in [0.2, 0.25) is 9.74 Å². The Labute approximate surface area is 174 Å². The van der Waals surface area contributed by atoms with Gasteiger partial charge in [0.1, 0.15) is 11.5 Å². The number of methoxy groups -OCH3 is 2. The van der Waals surface area contributed by atoms with E-state index in [0.29, 0.717) is 35.4 Å². The number of rotatable bonds is 8. The van der Waals surface area contributed by atoms with Crippen molar-refractivity contribution in [2.24, 2.45) is 0 Å². The van der Waals surface area contributed by atoms with Gasteiger partial charge in [-0.2, -0.15) is 9.97 Å². The quantitative estimate of drug-likeness (QED) is 0.501. The molecule has 27 heavy (non-hydrogen) atoms. The molecule has 1 N–H and O–H groups in total. The molecule has 1 heterocycles. The molecular formula is C17H22Cl3N5O2. The van der Waals surface area contributed by atoms with Gasteiger partial charge in [0.05, 0.1) is 14.2 Å². The van der Waals surface area contributed by atoms with Crippen molar-refractivity contribution in [3.8, 4) is 22.9 Å². The monoisotopic (exact) mass is 433 g/mol. The molecule has 0 aliphatic heterocycles. The van der Waals surface area contributed by atoms with Gasteiger partial charge in [0.15, 0.2) is 11.6 Å². The van der Waals surface area contributed by atoms with Gasteiger partial charge in [-0.25, -0.2) is 4.98 Å². The third-order valence-corrected chi connectivity index (χ3v) is 4.07. The van der Waals surface area contributed by atoms with E-state index < -0.39 is 3.79 Å². The van der Waals surface area contributed by atoms with Crippen molar-refractivity contribution in [2.45, 2.75) is 10.2 Å². The van der Waals surface area contributed by atoms with Gasteiger partial charge in [-0.15, -0.1) is 0 Å². The number of alkyl halides is 3. The Hall–Kier alpha value is -1.54. The van der Waals surface area contributed by atoms with Gasteiger partial charge < -0.3 is 19.7 Å². The maximum Gasteiger partial charge on any atom is 0.250 e. The number of nitrogens with zero attached hydrogens (tertiary/aromatic N) is 4. The average molecular weight is 435 g/mol. The van der Waals surface area contributed by atoms with E-state index in [9.17, 15) is 0 Å². The highest BCUT2D eigenvalue weighted by molar-refractivity contribution is 6.66. The summed E-state index contributed by atoms with van der Waals surface area (Å²) in [6.07, 6.45) is 0.907. The van der Waals surface area contributed by atoms with Crippen LogP contribution in [0.2, 0.25) is 0 Å². The standard InChI is InChI=1S/C17H22Cl3N5O2/c1-25(2)7-5-6-21-16-23-14(22-15(24-16)17(18,19)20)11-8-12(26-3)10-13(9-11)27-4/h8-10H,5-7H2,1-4H3,(H,21,22,23,24). The smallest absolute Gasteiger partial charge is 0.250 e. The molecule has 0 aliphatic carbocycles. The van der Waals surface area contributed by atoms with Crippen molar-refractivity contribution >= 4 is 40.8 Å². The van der Waals surface area contributed by atoms with Crippen LogP contribution in [-0.4, -0.2) is 61.3 Å². The molecule has 0 aliphatic rings. The molecule has 0 bridgehead atoms. The lowest BCUT2D eigenvalue weighted by Gasteiger charge is -2.14. The summed E-state index contributed by atoms with van der Waals surface area (Å²) in [6, 6.07) is 5.30. The molecule has 1 aromatic carbocycles. The Morgan fingerprint density at radius 3 is 2.15 bits per heavy atom. The molecule has 0 spiro atoms. The Kier molecular flexibility index (Phi) is 7.73. The van der Waals surface area contributed by atoms with E-state index in [1.54, 1.807) is 32.4 Å². The summed E-state index contributed by atoms with van der Waals surface area (Å²) in [4.78, 5) is 15.1. The van der Waals surface area contributed by atoms with Crippen LogP contribution in [0.5, 0.6) is 11.5 Å². The second-order valence-corrected chi connectivity index (χ2v) is 8.27. The highest BCUT2D eigenvalue weighted by atomic mass is 35.6. The zero-order valence-electron chi connectivity index (χ0n) is 15.6. The summed E-state index contributed by atoms with van der Waals surface area (Å²) in [5.41, 5.74) is 0.653. The number of nitrogens with one attached hydrogen (secondary N) is 1. The molecule has 0 amide bonds. The molecule has 0 saturated heterocycles. The molecule has 10 heteroatoms. The van der Waals surface area contributed by atoms with E-state index in [1.807, 2.05) is 14.1 Å². The first kappa shape index (κ1) is 21.8. The topological polar surface area (TPSA) is 72.4 Å². The third kappa shape index (κ3) is 6.53. The second-order valence-electron chi connectivity index (χ2n) is 5.99. The number of aromatic nitrogens is 3. The Morgan fingerprint density at radius 1 is 1.00 bits per heavy atom. The maximum atomic E-state index is 6.00. The van der Waals surface area contributed by atoms with Crippen LogP contribution in [0.25, 0.3) is 11.4 Å². The number of anilines is 1. The fourth-order valence-corrected chi connectivity index (χ4v) is 2.50. The van der Waals surface area contributed by atoms with Gasteiger partial charge in [0.25, 0.3) is 0 Å². The third-order valence-electron chi connectivity index (χ3n) is 3.56. The minimum Gasteiger partial charge on any atom is -0.497 e. The Morgan fingerprint density at radius 2 is 1.63 bits per heavy atom. The highest BCUT2D eigenvalue weighted by Crippen LogP contribution is 2.37. The van der Waals surface area contributed by atoms with Gasteiger partial charge in [-0.1, -0.05) is 34.8 Å². The van der Waals surface area contributed by atoms with Crippen molar-refractivity contribution in [1.82, 2.24) is 19.9 Å². The molecule has 0 unspecified atom stereocenters. The van der Waals surface area contributed by atoms with E-state index >= 15 is 0 Å². The van der Waals surface area contributed by atoms with E-state index in [1.165, 1.54) is 0 Å². The summed E-state index contributed by atoms with van der Waals surface area (Å²) in [5.74, 6) is 1.91. The largest absolute Gasteiger partial charge is 0.497 e. The summed E-state index contributed by atoms with van der Waals surface area (Å²) in [7, 11) is 7.16. The fraction of sp³-hybridized carbons (Fsp3) is 0.471. The van der Waals surface area contributed by atoms with Crippen LogP contribution < -0.4 is 14.8 Å². The summed E-state index contributed by atoms with van der Waals surface area (Å²) < 4.78 is 8.82. The van der Waals surface area contributed by atoms with Crippen LogP contribution >= 0.6 is 34.8 Å². The first-order chi connectivity index (χ1) is 12.7. The van der Waals surface area contributed by atoms with Gasteiger partial charge in [-0.3, -0.25) is 0 Å². The van der Waals surface area contributed by atoms with Gasteiger partial charge in [0, 0.05) is 18.2 Å². The SMILES string of the molecule is COc1cc(OC)cc(-c2nc(NCCCN(C)C)nc(C(Cl)(Cl)Cl)n2)c1. The van der Waals surface area contributed by atoms with Crippen LogP contribution in [-0.2, 0) is 3.79 Å². The molecule has 1 aromatic heterocycles. The lowest BCUT2D eigenvalue weighted by molar-refractivity contribution is 0.394. The first-order valence-corrected chi connectivity index (χ1v) is 9.31. The van der Waals surface area contributed by atoms with E-state index in [-0.39, 0.29) is 5.82 Å². The van der Waals surface area contributed by atoms with E-state index in [2.05, 4.69) is 25.2 Å². The number of hydrogen-bond acceptors (Lipinski definition) is 7. The lowest BCUT2D eigenvalue weighted by atomic mass is 10.2. The number of ether oxygens (including phenoxy) is 2. The molecular weight excluding hydrogens is 413 g/mol. The predicted molar refractivity (Wildman–Crippen MR) is 109 cm³/mol. The number of benzene rings is 1. The lowest BCUT2D eigenvalue weighted by Crippen LogP contribution is -2.18. The first-order valence-electron chi connectivity index (χ1n) is 8.18. The van der Waals surface area contributed by atoms with Crippen LogP contribution in [0.15, 0.2) is 18.2 Å². The van der Waals surface area contributed by atoms with Crippen molar-refractivity contribution in [2.75, 3.05) is 46.7 Å². The van der Waals surface area contributed by atoms with Crippen LogP contribution in [0.3, 0.4) is 0 Å². The predicted octanol–water partition coefficient (Wildman–Crippen LogP) is 3.75. The van der Waals surface area contributed by atoms with Gasteiger partial charge >= 0.3 is 0 Å². The zero-order valence-corrected chi connectivity index (χ0v) is 17.9. The molecule has 0 radical (unpaired) electrons. The molecule has 7 nitrogen and oxygen atoms in total. The summed E-state index contributed by atoms with van der Waals surface area (Å²) in [5, 5.41) is 3.15. The number of halogens is 3. The molecule has 0 saturated carbocycles. The highest BCUT2D eigenvalue weighted by Gasteiger charge is 2.28. The Bertz CT molecular complexity index is 746. The van der Waals surface area contributed by atoms with Crippen LogP contribution in [0.4, 0.5) is 5.95 Å². The fourth-order valence-electron chi connectivity index (χ4n) is 2.24. The van der Waals surface area contributed by atoms with Gasteiger partial charge in [-0.05, 0) is 39.2 Å².